The Balaban J connectivity index is 2.64. The summed E-state index contributed by atoms with van der Waals surface area (Å²) in [5, 5.41) is 0. The zero-order chi connectivity index (χ0) is 11.5. The van der Waals surface area contributed by atoms with Gasteiger partial charge < -0.3 is 0 Å². The number of benzene rings is 2. The van der Waals surface area contributed by atoms with Crippen LogP contribution in [0.5, 0.6) is 0 Å². The average Bonchev–Trinajstić information content (AvgIpc) is 2.29. The Hall–Kier alpha value is -1.56. The molecule has 0 radical (unpaired) electrons. The molecule has 82 valence electrons. The van der Waals surface area contributed by atoms with Crippen LogP contribution in [-0.4, -0.2) is 0 Å². The highest BCUT2D eigenvalue weighted by atomic mass is 14.1. The molecule has 0 bridgehead atoms. The van der Waals surface area contributed by atoms with Gasteiger partial charge in [-0.1, -0.05) is 55.0 Å². The van der Waals surface area contributed by atoms with Crippen LogP contribution in [0.3, 0.4) is 0 Å². The van der Waals surface area contributed by atoms with Crippen LogP contribution < -0.4 is 0 Å². The standard InChI is InChI=1S/C16H18/c1-4-14-11-12(2)10-13(3)16(14)15-8-6-5-7-9-15/h5-11H,4H2,1-3H3. The highest BCUT2D eigenvalue weighted by molar-refractivity contribution is 5.71. The van der Waals surface area contributed by atoms with Crippen LogP contribution in [0, 0.1) is 13.8 Å². The molecule has 0 fully saturated rings. The fraction of sp³-hybridized carbons (Fsp3) is 0.250. The molecule has 2 aromatic carbocycles. The first-order chi connectivity index (χ1) is 7.72. The van der Waals surface area contributed by atoms with E-state index in [1.165, 1.54) is 27.8 Å². The van der Waals surface area contributed by atoms with Crippen molar-refractivity contribution in [1.82, 2.24) is 0 Å². The minimum absolute atomic E-state index is 1.09. The van der Waals surface area contributed by atoms with Crippen LogP contribution in [0.15, 0.2) is 42.5 Å². The molecule has 2 aromatic rings. The normalized spacial score (nSPS) is 10.4. The summed E-state index contributed by atoms with van der Waals surface area (Å²) >= 11 is 0. The predicted molar refractivity (Wildman–Crippen MR) is 70.7 cm³/mol. The van der Waals surface area contributed by atoms with Crippen molar-refractivity contribution in [2.45, 2.75) is 27.2 Å². The van der Waals surface area contributed by atoms with Gasteiger partial charge in [0, 0.05) is 0 Å². The maximum Gasteiger partial charge on any atom is -0.0123 e. The lowest BCUT2D eigenvalue weighted by atomic mass is 9.92. The minimum atomic E-state index is 1.09. The Bertz CT molecular complexity index is 481. The molecule has 0 N–H and O–H groups in total. The van der Waals surface area contributed by atoms with Gasteiger partial charge in [-0.2, -0.15) is 0 Å². The number of hydrogen-bond acceptors (Lipinski definition) is 0. The Labute approximate surface area is 97.9 Å². The molecule has 0 saturated heterocycles. The lowest BCUT2D eigenvalue weighted by molar-refractivity contribution is 1.12. The second kappa shape index (κ2) is 4.52. The Kier molecular flexibility index (Phi) is 3.09. The van der Waals surface area contributed by atoms with Crippen molar-refractivity contribution in [2.24, 2.45) is 0 Å². The average molecular weight is 210 g/mol. The van der Waals surface area contributed by atoms with Crippen molar-refractivity contribution in [3.63, 3.8) is 0 Å². The molecule has 0 atom stereocenters. The Morgan fingerprint density at radius 1 is 0.938 bits per heavy atom. The van der Waals surface area contributed by atoms with E-state index in [1.54, 1.807) is 0 Å². The largest absolute Gasteiger partial charge is 0.0622 e. The second-order valence-corrected chi connectivity index (χ2v) is 4.34. The maximum absolute atomic E-state index is 2.30. The molecule has 0 spiro atoms. The monoisotopic (exact) mass is 210 g/mol. The number of aryl methyl sites for hydroxylation is 3. The third kappa shape index (κ3) is 2.01. The minimum Gasteiger partial charge on any atom is -0.0622 e. The van der Waals surface area contributed by atoms with Gasteiger partial charge in [-0.3, -0.25) is 0 Å². The molecule has 0 heteroatoms. The summed E-state index contributed by atoms with van der Waals surface area (Å²) in [5.74, 6) is 0. The van der Waals surface area contributed by atoms with Gasteiger partial charge in [-0.25, -0.2) is 0 Å². The van der Waals surface area contributed by atoms with Gasteiger partial charge in [0.05, 0.1) is 0 Å². The highest BCUT2D eigenvalue weighted by Gasteiger charge is 2.07. The van der Waals surface area contributed by atoms with Crippen molar-refractivity contribution in [3.05, 3.63) is 59.2 Å². The van der Waals surface area contributed by atoms with Crippen LogP contribution >= 0.6 is 0 Å². The van der Waals surface area contributed by atoms with Crippen LogP contribution in [0.25, 0.3) is 11.1 Å². The van der Waals surface area contributed by atoms with Crippen molar-refractivity contribution < 1.29 is 0 Å². The summed E-state index contributed by atoms with van der Waals surface area (Å²) in [6.07, 6.45) is 1.09. The zero-order valence-corrected chi connectivity index (χ0v) is 10.2. The maximum atomic E-state index is 2.30. The van der Waals surface area contributed by atoms with E-state index in [1.807, 2.05) is 0 Å². The summed E-state index contributed by atoms with van der Waals surface area (Å²) in [7, 11) is 0. The molecular weight excluding hydrogens is 192 g/mol. The molecular formula is C16H18. The predicted octanol–water partition coefficient (Wildman–Crippen LogP) is 4.53. The van der Waals surface area contributed by atoms with E-state index >= 15 is 0 Å². The Morgan fingerprint density at radius 3 is 2.25 bits per heavy atom. The van der Waals surface area contributed by atoms with Crippen LogP contribution in [0.4, 0.5) is 0 Å². The van der Waals surface area contributed by atoms with Gasteiger partial charge in [0.1, 0.15) is 0 Å². The lowest BCUT2D eigenvalue weighted by Crippen LogP contribution is -1.93. The van der Waals surface area contributed by atoms with Crippen LogP contribution in [0.1, 0.15) is 23.6 Å². The van der Waals surface area contributed by atoms with E-state index in [0.29, 0.717) is 0 Å². The zero-order valence-electron chi connectivity index (χ0n) is 10.2. The summed E-state index contributed by atoms with van der Waals surface area (Å²) < 4.78 is 0. The SMILES string of the molecule is CCc1cc(C)cc(C)c1-c1ccccc1. The molecule has 0 aliphatic heterocycles. The van der Waals surface area contributed by atoms with Gasteiger partial charge in [-0.05, 0) is 42.5 Å². The number of rotatable bonds is 2. The smallest absolute Gasteiger partial charge is 0.0123 e. The molecule has 2 rings (SSSR count). The molecule has 0 amide bonds. The molecule has 0 heterocycles. The molecule has 0 aliphatic rings. The molecule has 16 heavy (non-hydrogen) atoms. The van der Waals surface area contributed by atoms with Crippen molar-refractivity contribution >= 4 is 0 Å². The summed E-state index contributed by atoms with van der Waals surface area (Å²) in [5.41, 5.74) is 6.92. The van der Waals surface area contributed by atoms with Crippen molar-refractivity contribution in [2.75, 3.05) is 0 Å². The van der Waals surface area contributed by atoms with E-state index in [2.05, 4.69) is 63.2 Å². The lowest BCUT2D eigenvalue weighted by Gasteiger charge is -2.13. The van der Waals surface area contributed by atoms with Crippen molar-refractivity contribution in [3.8, 4) is 11.1 Å². The fourth-order valence-corrected chi connectivity index (χ4v) is 2.35. The first-order valence-electron chi connectivity index (χ1n) is 5.88. The fourth-order valence-electron chi connectivity index (χ4n) is 2.35. The quantitative estimate of drug-likeness (QED) is 0.683. The van der Waals surface area contributed by atoms with E-state index in [-0.39, 0.29) is 0 Å². The Morgan fingerprint density at radius 2 is 1.62 bits per heavy atom. The molecule has 0 aliphatic carbocycles. The van der Waals surface area contributed by atoms with Gasteiger partial charge in [-0.15, -0.1) is 0 Å². The van der Waals surface area contributed by atoms with Crippen molar-refractivity contribution in [1.29, 1.82) is 0 Å². The van der Waals surface area contributed by atoms with Gasteiger partial charge in [0.15, 0.2) is 0 Å². The molecule has 0 aromatic heterocycles. The summed E-state index contributed by atoms with van der Waals surface area (Å²) in [6, 6.07) is 15.2. The van der Waals surface area contributed by atoms with Crippen LogP contribution in [-0.2, 0) is 6.42 Å². The van der Waals surface area contributed by atoms with Gasteiger partial charge in [0.2, 0.25) is 0 Å². The first kappa shape index (κ1) is 10.9. The van der Waals surface area contributed by atoms with Crippen LogP contribution in [0.2, 0.25) is 0 Å². The van der Waals surface area contributed by atoms with E-state index in [0.717, 1.165) is 6.42 Å². The number of hydrogen-bond donors (Lipinski definition) is 0. The van der Waals surface area contributed by atoms with Gasteiger partial charge in [0.25, 0.3) is 0 Å². The van der Waals surface area contributed by atoms with Gasteiger partial charge >= 0.3 is 0 Å². The highest BCUT2D eigenvalue weighted by Crippen LogP contribution is 2.28. The van der Waals surface area contributed by atoms with E-state index in [9.17, 15) is 0 Å². The molecule has 0 saturated carbocycles. The summed E-state index contributed by atoms with van der Waals surface area (Å²) in [6.45, 7) is 6.59. The molecule has 0 unspecified atom stereocenters. The third-order valence-electron chi connectivity index (χ3n) is 3.00. The van der Waals surface area contributed by atoms with E-state index < -0.39 is 0 Å². The topological polar surface area (TPSA) is 0 Å². The van der Waals surface area contributed by atoms with E-state index in [4.69, 9.17) is 0 Å². The summed E-state index contributed by atoms with van der Waals surface area (Å²) in [4.78, 5) is 0. The second-order valence-electron chi connectivity index (χ2n) is 4.34. The first-order valence-corrected chi connectivity index (χ1v) is 5.88. The third-order valence-corrected chi connectivity index (χ3v) is 3.00. The molecule has 0 nitrogen and oxygen atoms in total.